The molecule has 98 valence electrons. The minimum atomic E-state index is -0.665. The third kappa shape index (κ3) is 2.71. The number of oxime groups is 1. The summed E-state index contributed by atoms with van der Waals surface area (Å²) in [7, 11) is 0. The van der Waals surface area contributed by atoms with E-state index in [0.717, 1.165) is 5.56 Å². The zero-order chi connectivity index (χ0) is 13.8. The molecule has 1 aromatic carbocycles. The Morgan fingerprint density at radius 2 is 2.21 bits per heavy atom. The van der Waals surface area contributed by atoms with Crippen LogP contribution in [0.4, 0.5) is 5.69 Å². The summed E-state index contributed by atoms with van der Waals surface area (Å²) in [4.78, 5) is 16.2. The van der Waals surface area contributed by atoms with E-state index in [1.165, 1.54) is 12.3 Å². The van der Waals surface area contributed by atoms with Crippen LogP contribution in [0.25, 0.3) is 0 Å². The van der Waals surface area contributed by atoms with Crippen LogP contribution in [0.2, 0.25) is 0 Å². The van der Waals surface area contributed by atoms with E-state index in [1.807, 2.05) is 6.92 Å². The Hall–Kier alpha value is -2.83. The van der Waals surface area contributed by atoms with E-state index in [9.17, 15) is 4.79 Å². The molecular formula is C12H13N5O2. The van der Waals surface area contributed by atoms with Gasteiger partial charge in [-0.1, -0.05) is 17.3 Å². The Bertz CT molecular complexity index is 619. The molecule has 0 unspecified atom stereocenters. The highest BCUT2D eigenvalue weighted by atomic mass is 16.7. The van der Waals surface area contributed by atoms with Gasteiger partial charge < -0.3 is 16.3 Å². The van der Waals surface area contributed by atoms with Gasteiger partial charge in [0.05, 0.1) is 0 Å². The van der Waals surface area contributed by atoms with Gasteiger partial charge in [0.25, 0.3) is 0 Å². The number of hydrogen-bond acceptors (Lipinski definition) is 5. The molecule has 0 atom stereocenters. The number of nitrogens with two attached hydrogens (primary N) is 2. The van der Waals surface area contributed by atoms with Crippen LogP contribution in [0.1, 0.15) is 21.6 Å². The van der Waals surface area contributed by atoms with Gasteiger partial charge >= 0.3 is 5.97 Å². The number of hydrogen-bond donors (Lipinski definition) is 3. The number of nitrogen functional groups attached to an aromatic ring is 1. The number of nitrogens with one attached hydrogen (secondary N) is 1. The van der Waals surface area contributed by atoms with Gasteiger partial charge in [0.15, 0.2) is 5.84 Å². The predicted octanol–water partition coefficient (Wildman–Crippen LogP) is 0.778. The third-order valence-electron chi connectivity index (χ3n) is 2.60. The molecule has 1 heterocycles. The molecule has 0 aliphatic heterocycles. The fraction of sp³-hybridized carbons (Fsp3) is 0.0833. The van der Waals surface area contributed by atoms with Gasteiger partial charge in [-0.3, -0.25) is 5.10 Å². The molecule has 0 radical (unpaired) electrons. The third-order valence-corrected chi connectivity index (χ3v) is 2.60. The summed E-state index contributed by atoms with van der Waals surface area (Å²) in [6.45, 7) is 1.81. The molecule has 2 aromatic rings. The zero-order valence-corrected chi connectivity index (χ0v) is 10.3. The Balaban J connectivity index is 2.15. The van der Waals surface area contributed by atoms with E-state index in [4.69, 9.17) is 16.3 Å². The van der Waals surface area contributed by atoms with Crippen LogP contribution in [0.3, 0.4) is 0 Å². The van der Waals surface area contributed by atoms with Crippen molar-refractivity contribution in [2.24, 2.45) is 10.9 Å². The maximum Gasteiger partial charge on any atom is 0.383 e. The Kier molecular flexibility index (Phi) is 3.46. The first-order valence-electron chi connectivity index (χ1n) is 5.49. The molecule has 0 fully saturated rings. The van der Waals surface area contributed by atoms with Crippen molar-refractivity contribution in [2.45, 2.75) is 6.92 Å². The van der Waals surface area contributed by atoms with Crippen molar-refractivity contribution in [3.05, 3.63) is 47.3 Å². The first kappa shape index (κ1) is 12.6. The normalized spacial score (nSPS) is 11.3. The summed E-state index contributed by atoms with van der Waals surface area (Å²) in [6.07, 6.45) is 1.44. The lowest BCUT2D eigenvalue weighted by Crippen LogP contribution is -2.17. The van der Waals surface area contributed by atoms with Gasteiger partial charge in [-0.05, 0) is 24.6 Å². The Morgan fingerprint density at radius 1 is 1.42 bits per heavy atom. The number of amidine groups is 1. The van der Waals surface area contributed by atoms with Crippen molar-refractivity contribution >= 4 is 17.5 Å². The number of benzene rings is 1. The molecule has 7 heteroatoms. The topological polar surface area (TPSA) is 119 Å². The van der Waals surface area contributed by atoms with Gasteiger partial charge in [-0.2, -0.15) is 5.10 Å². The van der Waals surface area contributed by atoms with Gasteiger partial charge in [-0.15, -0.1) is 0 Å². The summed E-state index contributed by atoms with van der Waals surface area (Å²) in [5.74, 6) is -0.584. The number of carbonyl (C=O) groups is 1. The number of H-pyrrole nitrogens is 1. The quantitative estimate of drug-likeness (QED) is 0.247. The van der Waals surface area contributed by atoms with Crippen molar-refractivity contribution in [3.8, 4) is 0 Å². The van der Waals surface area contributed by atoms with Crippen molar-refractivity contribution in [2.75, 3.05) is 5.73 Å². The molecule has 7 nitrogen and oxygen atoms in total. The standard InChI is InChI=1S/C12H13N5O2/c1-7-8(3-2-4-9(7)13)11(14)17-19-12(18)10-5-6-15-16-10/h2-6H,13H2,1H3,(H2,14,17)(H,15,16). The van der Waals surface area contributed by atoms with Crippen molar-refractivity contribution in [1.82, 2.24) is 10.2 Å². The van der Waals surface area contributed by atoms with Crippen molar-refractivity contribution in [1.29, 1.82) is 0 Å². The van der Waals surface area contributed by atoms with E-state index >= 15 is 0 Å². The van der Waals surface area contributed by atoms with E-state index in [1.54, 1.807) is 18.2 Å². The number of anilines is 1. The van der Waals surface area contributed by atoms with Crippen LogP contribution in [0.5, 0.6) is 0 Å². The molecule has 0 spiro atoms. The van der Waals surface area contributed by atoms with Crippen LogP contribution in [0, 0.1) is 6.92 Å². The second-order valence-electron chi connectivity index (χ2n) is 3.85. The highest BCUT2D eigenvalue weighted by molar-refractivity contribution is 6.00. The molecule has 0 aliphatic rings. The highest BCUT2D eigenvalue weighted by Crippen LogP contribution is 2.15. The molecule has 0 aliphatic carbocycles. The molecule has 0 amide bonds. The lowest BCUT2D eigenvalue weighted by atomic mass is 10.1. The summed E-state index contributed by atoms with van der Waals surface area (Å²) in [6, 6.07) is 6.72. The fourth-order valence-electron chi connectivity index (χ4n) is 1.49. The maximum atomic E-state index is 11.5. The molecule has 1 aromatic heterocycles. The number of nitrogens with zero attached hydrogens (tertiary/aromatic N) is 2. The molecule has 0 saturated carbocycles. The van der Waals surface area contributed by atoms with E-state index < -0.39 is 5.97 Å². The smallest absolute Gasteiger partial charge is 0.383 e. The molecule has 19 heavy (non-hydrogen) atoms. The van der Waals surface area contributed by atoms with Gasteiger partial charge in [0.1, 0.15) is 5.69 Å². The summed E-state index contributed by atoms with van der Waals surface area (Å²) in [5.41, 5.74) is 13.7. The van der Waals surface area contributed by atoms with E-state index in [2.05, 4.69) is 15.4 Å². The van der Waals surface area contributed by atoms with Crippen LogP contribution >= 0.6 is 0 Å². The maximum absolute atomic E-state index is 11.5. The minimum absolute atomic E-state index is 0.0812. The lowest BCUT2D eigenvalue weighted by Gasteiger charge is -2.06. The largest absolute Gasteiger partial charge is 0.398 e. The monoisotopic (exact) mass is 259 g/mol. The van der Waals surface area contributed by atoms with Crippen LogP contribution in [-0.2, 0) is 4.84 Å². The average Bonchev–Trinajstić information content (AvgIpc) is 2.93. The summed E-state index contributed by atoms with van der Waals surface area (Å²) >= 11 is 0. The molecule has 0 saturated heterocycles. The number of carbonyl (C=O) groups excluding carboxylic acids is 1. The average molecular weight is 259 g/mol. The van der Waals surface area contributed by atoms with E-state index in [-0.39, 0.29) is 11.5 Å². The first-order valence-corrected chi connectivity index (χ1v) is 5.49. The van der Waals surface area contributed by atoms with Crippen LogP contribution < -0.4 is 11.5 Å². The minimum Gasteiger partial charge on any atom is -0.398 e. The second kappa shape index (κ2) is 5.21. The first-order chi connectivity index (χ1) is 9.09. The lowest BCUT2D eigenvalue weighted by molar-refractivity contribution is 0.0509. The SMILES string of the molecule is Cc1c(N)cccc1/C(N)=N/OC(=O)c1ccn[nH]1. The van der Waals surface area contributed by atoms with E-state index in [0.29, 0.717) is 11.3 Å². The van der Waals surface area contributed by atoms with Crippen molar-refractivity contribution in [3.63, 3.8) is 0 Å². The molecule has 5 N–H and O–H groups in total. The van der Waals surface area contributed by atoms with Gasteiger partial charge in [-0.25, -0.2) is 4.79 Å². The molecule has 2 rings (SSSR count). The van der Waals surface area contributed by atoms with Gasteiger partial charge in [0, 0.05) is 17.4 Å². The number of aromatic amines is 1. The Morgan fingerprint density at radius 3 is 2.89 bits per heavy atom. The van der Waals surface area contributed by atoms with Gasteiger partial charge in [0.2, 0.25) is 0 Å². The number of rotatable bonds is 3. The zero-order valence-electron chi connectivity index (χ0n) is 10.3. The van der Waals surface area contributed by atoms with Crippen LogP contribution in [0.15, 0.2) is 35.6 Å². The summed E-state index contributed by atoms with van der Waals surface area (Å²) in [5, 5.41) is 9.69. The molecule has 0 bridgehead atoms. The van der Waals surface area contributed by atoms with Crippen LogP contribution in [-0.4, -0.2) is 22.0 Å². The molecular weight excluding hydrogens is 246 g/mol. The fourth-order valence-corrected chi connectivity index (χ4v) is 1.49. The Labute approximate surface area is 109 Å². The highest BCUT2D eigenvalue weighted by Gasteiger charge is 2.10. The second-order valence-corrected chi connectivity index (χ2v) is 3.85. The number of aromatic nitrogens is 2. The predicted molar refractivity (Wildman–Crippen MR) is 70.3 cm³/mol. The summed E-state index contributed by atoms with van der Waals surface area (Å²) < 4.78 is 0. The van der Waals surface area contributed by atoms with Crippen molar-refractivity contribution < 1.29 is 9.63 Å².